The minimum Gasteiger partial charge on any atom is -0.0895 e. The van der Waals surface area contributed by atoms with Crippen LogP contribution in [-0.2, 0) is 0 Å². The molecule has 106 valence electrons. The Hall–Kier alpha value is -1.21. The molecule has 1 heteroatoms. The van der Waals surface area contributed by atoms with Crippen molar-refractivity contribution in [2.75, 3.05) is 0 Å². The Morgan fingerprint density at radius 3 is 1.68 bits per heavy atom. The average Bonchev–Trinajstić information content (AvgIpc) is 2.60. The molecular formula is C21H16S. The van der Waals surface area contributed by atoms with Gasteiger partial charge in [0.2, 0.25) is 0 Å². The summed E-state index contributed by atoms with van der Waals surface area (Å²) < 4.78 is 0. The molecule has 0 N–H and O–H groups in total. The molecule has 0 aromatic heterocycles. The Kier molecular flexibility index (Phi) is 1.35. The summed E-state index contributed by atoms with van der Waals surface area (Å²) in [6.45, 7) is 0. The minimum absolute atomic E-state index is 0.710. The van der Waals surface area contributed by atoms with Gasteiger partial charge < -0.3 is 0 Å². The zero-order valence-electron chi connectivity index (χ0n) is 12.1. The second-order valence-electron chi connectivity index (χ2n) is 8.50. The van der Waals surface area contributed by atoms with Crippen molar-refractivity contribution in [2.45, 2.75) is 15.7 Å². The van der Waals surface area contributed by atoms with E-state index in [-0.39, 0.29) is 0 Å². The van der Waals surface area contributed by atoms with Gasteiger partial charge in [-0.3, -0.25) is 0 Å². The van der Waals surface area contributed by atoms with E-state index < -0.39 is 0 Å². The van der Waals surface area contributed by atoms with E-state index in [0.29, 0.717) is 11.3 Å². The van der Waals surface area contributed by atoms with E-state index in [4.69, 9.17) is 0 Å². The summed E-state index contributed by atoms with van der Waals surface area (Å²) in [5.41, 5.74) is 4.02. The molecule has 0 bridgehead atoms. The van der Waals surface area contributed by atoms with Crippen molar-refractivity contribution in [2.24, 2.45) is 46.8 Å². The third-order valence-electron chi connectivity index (χ3n) is 8.73. The van der Waals surface area contributed by atoms with Crippen LogP contribution in [-0.4, -0.2) is 0 Å². The fourth-order valence-electron chi connectivity index (χ4n) is 8.55. The van der Waals surface area contributed by atoms with Crippen LogP contribution >= 0.6 is 11.8 Å². The lowest BCUT2D eigenvalue weighted by molar-refractivity contribution is -0.618. The summed E-state index contributed by atoms with van der Waals surface area (Å²) >= 11 is 2.00. The topological polar surface area (TPSA) is 0 Å². The van der Waals surface area contributed by atoms with Gasteiger partial charge in [0.15, 0.2) is 0 Å². The van der Waals surface area contributed by atoms with E-state index in [1.807, 2.05) is 11.8 Å². The molecule has 6 aliphatic carbocycles. The van der Waals surface area contributed by atoms with Crippen LogP contribution in [0, 0.1) is 46.8 Å². The van der Waals surface area contributed by atoms with Crippen LogP contribution in [0.25, 0.3) is 0 Å². The Labute approximate surface area is 134 Å². The summed E-state index contributed by atoms with van der Waals surface area (Å²) in [4.78, 5) is 3.06. The van der Waals surface area contributed by atoms with Crippen molar-refractivity contribution in [3.8, 4) is 0 Å². The Morgan fingerprint density at radius 1 is 0.636 bits per heavy atom. The van der Waals surface area contributed by atoms with Gasteiger partial charge in [-0.2, -0.15) is 0 Å². The van der Waals surface area contributed by atoms with Crippen LogP contribution in [0.3, 0.4) is 0 Å². The summed E-state index contributed by atoms with van der Waals surface area (Å²) in [5.74, 6) is 8.80. The number of hydrogen-bond donors (Lipinski definition) is 0. The zero-order valence-corrected chi connectivity index (χ0v) is 13.0. The molecule has 1 aliphatic heterocycles. The van der Waals surface area contributed by atoms with Crippen molar-refractivity contribution in [3.05, 3.63) is 59.7 Å². The van der Waals surface area contributed by atoms with Crippen molar-refractivity contribution in [3.63, 3.8) is 0 Å². The highest BCUT2D eigenvalue weighted by Gasteiger charge is 3.05. The van der Waals surface area contributed by atoms with E-state index in [1.54, 1.807) is 11.1 Å². The second-order valence-corrected chi connectivity index (χ2v) is 9.58. The van der Waals surface area contributed by atoms with Crippen molar-refractivity contribution in [1.29, 1.82) is 0 Å². The lowest BCUT2D eigenvalue weighted by atomic mass is 8.95. The highest BCUT2D eigenvalue weighted by molar-refractivity contribution is 7.99. The first-order chi connectivity index (χ1) is 10.9. The molecular weight excluding hydrogens is 284 g/mol. The van der Waals surface area contributed by atoms with Crippen molar-refractivity contribution in [1.82, 2.24) is 0 Å². The average molecular weight is 300 g/mol. The SMILES string of the molecule is c1ccc2c(c1)Sc1ccccc1C2C12C3C4C5C3C1C5C42. The summed E-state index contributed by atoms with van der Waals surface area (Å²) in [6, 6.07) is 18.5. The van der Waals surface area contributed by atoms with Gasteiger partial charge >= 0.3 is 0 Å². The van der Waals surface area contributed by atoms with Gasteiger partial charge in [0.1, 0.15) is 0 Å². The standard InChI is InChI=1S/C21H16S/c1-3-7-11-9(5-1)17(10-6-2-4-8-12(10)22-11)21-18-14-13-15(18)20(21)16(13)19(14)21/h1-8,13-20H. The fraction of sp³-hybridized carbons (Fsp3) is 0.429. The zero-order chi connectivity index (χ0) is 13.8. The van der Waals surface area contributed by atoms with Crippen LogP contribution in [0.2, 0.25) is 0 Å². The normalized spacial score (nSPS) is 52.8. The largest absolute Gasteiger partial charge is 0.0895 e. The first-order valence-electron chi connectivity index (χ1n) is 8.79. The number of fused-ring (bicyclic) bond motifs is 2. The molecule has 0 amide bonds. The lowest BCUT2D eigenvalue weighted by Gasteiger charge is -3.09. The third kappa shape index (κ3) is 0.691. The van der Waals surface area contributed by atoms with Crippen LogP contribution in [0.1, 0.15) is 17.0 Å². The molecule has 1 heterocycles. The molecule has 2 aromatic rings. The van der Waals surface area contributed by atoms with E-state index in [2.05, 4.69) is 48.5 Å². The molecule has 0 nitrogen and oxygen atoms in total. The molecule has 0 unspecified atom stereocenters. The quantitative estimate of drug-likeness (QED) is 0.738. The first kappa shape index (κ1) is 10.5. The van der Waals surface area contributed by atoms with Gasteiger partial charge in [-0.05, 0) is 70.1 Å². The van der Waals surface area contributed by atoms with Crippen molar-refractivity contribution < 1.29 is 0 Å². The monoisotopic (exact) mass is 300 g/mol. The van der Waals surface area contributed by atoms with Gasteiger partial charge in [-0.25, -0.2) is 0 Å². The van der Waals surface area contributed by atoms with Crippen LogP contribution in [0.5, 0.6) is 0 Å². The lowest BCUT2D eigenvalue weighted by Crippen LogP contribution is -3.06. The van der Waals surface area contributed by atoms with Gasteiger partial charge in [0.25, 0.3) is 0 Å². The second kappa shape index (κ2) is 2.82. The van der Waals surface area contributed by atoms with Gasteiger partial charge in [-0.15, -0.1) is 0 Å². The Balaban J connectivity index is 1.41. The maximum absolute atomic E-state index is 2.44. The van der Waals surface area contributed by atoms with Crippen LogP contribution in [0.15, 0.2) is 58.3 Å². The molecule has 22 heavy (non-hydrogen) atoms. The van der Waals surface area contributed by atoms with Gasteiger partial charge in [0, 0.05) is 15.7 Å². The van der Waals surface area contributed by atoms with Gasteiger partial charge in [0.05, 0.1) is 0 Å². The molecule has 2 aromatic carbocycles. The highest BCUT2D eigenvalue weighted by atomic mass is 32.2. The van der Waals surface area contributed by atoms with E-state index >= 15 is 0 Å². The van der Waals surface area contributed by atoms with Gasteiger partial charge in [-0.1, -0.05) is 48.2 Å². The summed E-state index contributed by atoms with van der Waals surface area (Å²) in [7, 11) is 0. The molecule has 6 fully saturated rings. The fourth-order valence-corrected chi connectivity index (χ4v) is 9.68. The molecule has 0 saturated heterocycles. The maximum Gasteiger partial charge on any atom is 0.0177 e. The van der Waals surface area contributed by atoms with E-state index in [0.717, 1.165) is 17.8 Å². The highest BCUT2D eigenvalue weighted by Crippen LogP contribution is 3.08. The van der Waals surface area contributed by atoms with Crippen LogP contribution < -0.4 is 0 Å². The predicted octanol–water partition coefficient (Wildman–Crippen LogP) is 4.65. The molecule has 0 atom stereocenters. The minimum atomic E-state index is 0.710. The summed E-state index contributed by atoms with van der Waals surface area (Å²) in [5, 5.41) is 0. The number of rotatable bonds is 1. The molecule has 6 saturated carbocycles. The first-order valence-corrected chi connectivity index (χ1v) is 9.61. The molecule has 9 rings (SSSR count). The molecule has 7 aliphatic rings. The third-order valence-corrected chi connectivity index (χ3v) is 9.92. The van der Waals surface area contributed by atoms with E-state index in [9.17, 15) is 0 Å². The smallest absolute Gasteiger partial charge is 0.0177 e. The number of benzene rings is 2. The predicted molar refractivity (Wildman–Crippen MR) is 85.7 cm³/mol. The van der Waals surface area contributed by atoms with Crippen LogP contribution in [0.4, 0.5) is 0 Å². The molecule has 0 spiro atoms. The number of hydrogen-bond acceptors (Lipinski definition) is 1. The maximum atomic E-state index is 2.44. The van der Waals surface area contributed by atoms with E-state index in [1.165, 1.54) is 33.5 Å². The Bertz CT molecular complexity index is 800. The molecule has 0 radical (unpaired) electrons. The van der Waals surface area contributed by atoms with Crippen molar-refractivity contribution >= 4 is 11.8 Å². The summed E-state index contributed by atoms with van der Waals surface area (Å²) in [6.07, 6.45) is 0. The Morgan fingerprint density at radius 2 is 1.14 bits per heavy atom.